The van der Waals surface area contributed by atoms with Gasteiger partial charge in [0, 0.05) is 7.05 Å². The molecule has 2 amide bonds. The summed E-state index contributed by atoms with van der Waals surface area (Å²) in [4.78, 5) is 23.5. The first-order valence-electron chi connectivity index (χ1n) is 6.38. The number of hydrogen-bond acceptors (Lipinski definition) is 2. The van der Waals surface area contributed by atoms with Crippen molar-refractivity contribution in [2.45, 2.75) is 26.7 Å². The smallest absolute Gasteiger partial charge is 0.240 e. The summed E-state index contributed by atoms with van der Waals surface area (Å²) in [5, 5.41) is 4.91. The Balaban J connectivity index is 0.000000861. The van der Waals surface area contributed by atoms with Gasteiger partial charge in [-0.15, -0.1) is 0 Å². The zero-order chi connectivity index (χ0) is 14.5. The Bertz CT molecular complexity index is 470. The molecule has 0 atom stereocenters. The second-order valence-electron chi connectivity index (χ2n) is 4.10. The summed E-state index contributed by atoms with van der Waals surface area (Å²) in [6.45, 7) is 4.00. The molecular weight excluding hydrogens is 247 g/mol. The number of para-hydroxylation sites is 1. The predicted molar refractivity (Wildman–Crippen MR) is 72.1 cm³/mol. The SMILES string of the molecule is CC.CNC(=O)C1(C(=O)Nc2ccccc2F)CC1. The summed E-state index contributed by atoms with van der Waals surface area (Å²) in [5.41, 5.74) is -0.899. The molecule has 1 fully saturated rings. The highest BCUT2D eigenvalue weighted by Gasteiger charge is 2.56. The van der Waals surface area contributed by atoms with Crippen molar-refractivity contribution in [3.63, 3.8) is 0 Å². The van der Waals surface area contributed by atoms with Crippen LogP contribution in [-0.4, -0.2) is 18.9 Å². The number of amides is 2. The highest BCUT2D eigenvalue weighted by atomic mass is 19.1. The zero-order valence-electron chi connectivity index (χ0n) is 11.4. The Labute approximate surface area is 112 Å². The molecule has 19 heavy (non-hydrogen) atoms. The van der Waals surface area contributed by atoms with E-state index < -0.39 is 17.1 Å². The lowest BCUT2D eigenvalue weighted by atomic mass is 10.1. The van der Waals surface area contributed by atoms with Crippen molar-refractivity contribution in [3.05, 3.63) is 30.1 Å². The Morgan fingerprint density at radius 2 is 1.74 bits per heavy atom. The van der Waals surface area contributed by atoms with Gasteiger partial charge in [0.2, 0.25) is 11.8 Å². The zero-order valence-corrected chi connectivity index (χ0v) is 11.4. The van der Waals surface area contributed by atoms with Gasteiger partial charge in [-0.2, -0.15) is 0 Å². The number of benzene rings is 1. The molecule has 0 saturated heterocycles. The standard InChI is InChI=1S/C12H13FN2O2.C2H6/c1-14-10(16)12(6-7-12)11(17)15-9-5-3-2-4-8(9)13;1-2/h2-5H,6-7H2,1H3,(H,14,16)(H,15,17);1-2H3. The number of halogens is 1. The Morgan fingerprint density at radius 1 is 1.16 bits per heavy atom. The minimum Gasteiger partial charge on any atom is -0.358 e. The first-order chi connectivity index (χ1) is 9.10. The van der Waals surface area contributed by atoms with Crippen LogP contribution in [0.25, 0.3) is 0 Å². The van der Waals surface area contributed by atoms with Crippen molar-refractivity contribution in [2.24, 2.45) is 5.41 Å². The maximum Gasteiger partial charge on any atom is 0.240 e. The third-order valence-electron chi connectivity index (χ3n) is 2.97. The van der Waals surface area contributed by atoms with Crippen LogP contribution in [0.1, 0.15) is 26.7 Å². The summed E-state index contributed by atoms with van der Waals surface area (Å²) in [7, 11) is 1.48. The van der Waals surface area contributed by atoms with E-state index in [0.29, 0.717) is 12.8 Å². The van der Waals surface area contributed by atoms with E-state index in [1.54, 1.807) is 6.07 Å². The van der Waals surface area contributed by atoms with Gasteiger partial charge in [-0.25, -0.2) is 4.39 Å². The monoisotopic (exact) mass is 266 g/mol. The Hall–Kier alpha value is -1.91. The molecule has 0 unspecified atom stereocenters. The first kappa shape index (κ1) is 15.1. The Morgan fingerprint density at radius 3 is 2.21 bits per heavy atom. The maximum absolute atomic E-state index is 13.3. The first-order valence-corrected chi connectivity index (χ1v) is 6.38. The molecule has 1 aromatic rings. The van der Waals surface area contributed by atoms with Gasteiger partial charge in [0.15, 0.2) is 0 Å². The van der Waals surface area contributed by atoms with E-state index >= 15 is 0 Å². The van der Waals surface area contributed by atoms with Gasteiger partial charge in [-0.05, 0) is 25.0 Å². The van der Waals surface area contributed by atoms with Gasteiger partial charge >= 0.3 is 0 Å². The fourth-order valence-electron chi connectivity index (χ4n) is 1.73. The van der Waals surface area contributed by atoms with Gasteiger partial charge in [0.05, 0.1) is 5.69 Å². The van der Waals surface area contributed by atoms with Crippen LogP contribution in [0.5, 0.6) is 0 Å². The molecule has 1 aliphatic rings. The Kier molecular flexibility index (Phi) is 5.03. The van der Waals surface area contributed by atoms with Crippen LogP contribution in [0.4, 0.5) is 10.1 Å². The quantitative estimate of drug-likeness (QED) is 0.825. The van der Waals surface area contributed by atoms with Gasteiger partial charge in [-0.3, -0.25) is 9.59 Å². The average Bonchev–Trinajstić information content (AvgIpc) is 3.24. The molecule has 0 aromatic heterocycles. The summed E-state index contributed by atoms with van der Waals surface area (Å²) in [6.07, 6.45) is 1.01. The fraction of sp³-hybridized carbons (Fsp3) is 0.429. The van der Waals surface area contributed by atoms with E-state index in [4.69, 9.17) is 0 Å². The molecule has 1 saturated carbocycles. The molecule has 0 heterocycles. The van der Waals surface area contributed by atoms with Crippen LogP contribution in [0.3, 0.4) is 0 Å². The third kappa shape index (κ3) is 3.10. The molecule has 0 spiro atoms. The van der Waals surface area contributed by atoms with Crippen LogP contribution in [0, 0.1) is 11.2 Å². The van der Waals surface area contributed by atoms with Crippen molar-refractivity contribution in [1.82, 2.24) is 5.32 Å². The van der Waals surface area contributed by atoms with E-state index in [0.717, 1.165) is 0 Å². The van der Waals surface area contributed by atoms with Crippen molar-refractivity contribution >= 4 is 17.5 Å². The van der Waals surface area contributed by atoms with Gasteiger partial charge in [0.25, 0.3) is 0 Å². The summed E-state index contributed by atoms with van der Waals surface area (Å²) >= 11 is 0. The average molecular weight is 266 g/mol. The van der Waals surface area contributed by atoms with Crippen molar-refractivity contribution in [3.8, 4) is 0 Å². The summed E-state index contributed by atoms with van der Waals surface area (Å²) in [6, 6.07) is 5.89. The molecular formula is C14H19FN2O2. The highest BCUT2D eigenvalue weighted by molar-refractivity contribution is 6.12. The fourth-order valence-corrected chi connectivity index (χ4v) is 1.73. The normalized spacial score (nSPS) is 14.7. The second-order valence-corrected chi connectivity index (χ2v) is 4.10. The number of anilines is 1. The molecule has 1 aromatic carbocycles. The molecule has 0 aliphatic heterocycles. The maximum atomic E-state index is 13.3. The van der Waals surface area contributed by atoms with Crippen molar-refractivity contribution in [1.29, 1.82) is 0 Å². The van der Waals surface area contributed by atoms with Gasteiger partial charge < -0.3 is 10.6 Å². The number of rotatable bonds is 3. The van der Waals surface area contributed by atoms with E-state index in [9.17, 15) is 14.0 Å². The molecule has 0 bridgehead atoms. The molecule has 5 heteroatoms. The molecule has 1 aliphatic carbocycles. The molecule has 104 valence electrons. The minimum atomic E-state index is -1.00. The van der Waals surface area contributed by atoms with Gasteiger partial charge in [0.1, 0.15) is 11.2 Å². The lowest BCUT2D eigenvalue weighted by Gasteiger charge is -2.13. The largest absolute Gasteiger partial charge is 0.358 e. The van der Waals surface area contributed by atoms with E-state index in [-0.39, 0.29) is 11.6 Å². The van der Waals surface area contributed by atoms with Crippen molar-refractivity contribution in [2.75, 3.05) is 12.4 Å². The van der Waals surface area contributed by atoms with E-state index in [1.807, 2.05) is 13.8 Å². The molecule has 2 N–H and O–H groups in total. The topological polar surface area (TPSA) is 58.2 Å². The van der Waals surface area contributed by atoms with Crippen molar-refractivity contribution < 1.29 is 14.0 Å². The summed E-state index contributed by atoms with van der Waals surface area (Å²) in [5.74, 6) is -1.26. The minimum absolute atomic E-state index is 0.104. The molecule has 2 rings (SSSR count). The van der Waals surface area contributed by atoms with Crippen LogP contribution in [0.2, 0.25) is 0 Å². The predicted octanol–water partition coefficient (Wildman–Crippen LogP) is 2.32. The number of carbonyl (C=O) groups is 2. The van der Waals surface area contributed by atoms with Crippen LogP contribution in [-0.2, 0) is 9.59 Å². The lowest BCUT2D eigenvalue weighted by Crippen LogP contribution is -2.38. The van der Waals surface area contributed by atoms with E-state index in [1.165, 1.54) is 25.2 Å². The molecule has 4 nitrogen and oxygen atoms in total. The highest BCUT2D eigenvalue weighted by Crippen LogP contribution is 2.46. The van der Waals surface area contributed by atoms with Gasteiger partial charge in [-0.1, -0.05) is 26.0 Å². The number of hydrogen-bond donors (Lipinski definition) is 2. The third-order valence-corrected chi connectivity index (χ3v) is 2.97. The van der Waals surface area contributed by atoms with Crippen LogP contribution in [0.15, 0.2) is 24.3 Å². The molecule has 0 radical (unpaired) electrons. The summed E-state index contributed by atoms with van der Waals surface area (Å²) < 4.78 is 13.3. The second kappa shape index (κ2) is 6.31. The van der Waals surface area contributed by atoms with Crippen LogP contribution < -0.4 is 10.6 Å². The van der Waals surface area contributed by atoms with Crippen LogP contribution >= 0.6 is 0 Å². The van der Waals surface area contributed by atoms with E-state index in [2.05, 4.69) is 10.6 Å². The number of nitrogens with one attached hydrogen (secondary N) is 2. The lowest BCUT2D eigenvalue weighted by molar-refractivity contribution is -0.134. The number of carbonyl (C=O) groups excluding carboxylic acids is 2.